The summed E-state index contributed by atoms with van der Waals surface area (Å²) in [4.78, 5) is 2.30. The smallest absolute Gasteiger partial charge is 0.129 e. The molecule has 15 heavy (non-hydrogen) atoms. The van der Waals surface area contributed by atoms with Gasteiger partial charge >= 0.3 is 0 Å². The molecule has 0 radical (unpaired) electrons. The van der Waals surface area contributed by atoms with Crippen molar-refractivity contribution in [1.29, 1.82) is 0 Å². The fraction of sp³-hybridized carbons (Fsp3) is 0.636. The molecule has 4 nitrogen and oxygen atoms in total. The number of hydrogen-bond donors (Lipinski definition) is 1. The van der Waals surface area contributed by atoms with Crippen molar-refractivity contribution in [2.75, 3.05) is 19.7 Å². The molecule has 0 saturated carbocycles. The Morgan fingerprint density at radius 2 is 2.27 bits per heavy atom. The minimum atomic E-state index is -0.0283. The lowest BCUT2D eigenvalue weighted by atomic mass is 10.3. The van der Waals surface area contributed by atoms with Crippen LogP contribution in [0.3, 0.4) is 0 Å². The van der Waals surface area contributed by atoms with Gasteiger partial charge in [0.05, 0.1) is 19.3 Å². The molecule has 2 rings (SSSR count). The van der Waals surface area contributed by atoms with Crippen LogP contribution in [0.1, 0.15) is 18.4 Å². The fourth-order valence-electron chi connectivity index (χ4n) is 1.85. The minimum absolute atomic E-state index is 0.0283. The highest BCUT2D eigenvalue weighted by atomic mass is 16.5. The molecule has 1 aromatic rings. The molecule has 1 saturated heterocycles. The highest BCUT2D eigenvalue weighted by Gasteiger charge is 2.17. The van der Waals surface area contributed by atoms with E-state index in [1.807, 2.05) is 12.1 Å². The van der Waals surface area contributed by atoms with Crippen molar-refractivity contribution < 1.29 is 14.3 Å². The topological polar surface area (TPSA) is 45.8 Å². The number of rotatable bonds is 3. The van der Waals surface area contributed by atoms with E-state index in [4.69, 9.17) is 14.3 Å². The van der Waals surface area contributed by atoms with Crippen LogP contribution in [0.2, 0.25) is 0 Å². The summed E-state index contributed by atoms with van der Waals surface area (Å²) in [5, 5.41) is 8.87. The number of furan rings is 1. The first kappa shape index (κ1) is 10.7. The number of hydrogen-bond acceptors (Lipinski definition) is 4. The van der Waals surface area contributed by atoms with E-state index in [2.05, 4.69) is 11.8 Å². The minimum Gasteiger partial charge on any atom is -0.462 e. The SMILES string of the molecule is CC1CN(Cc2ccc(CO)o2)CCO1. The first-order valence-corrected chi connectivity index (χ1v) is 5.30. The summed E-state index contributed by atoms with van der Waals surface area (Å²) in [6.45, 7) is 5.52. The van der Waals surface area contributed by atoms with E-state index in [0.29, 0.717) is 11.9 Å². The zero-order chi connectivity index (χ0) is 10.7. The molecule has 1 aliphatic heterocycles. The molecule has 84 valence electrons. The van der Waals surface area contributed by atoms with E-state index in [0.717, 1.165) is 32.0 Å². The molecule has 1 N–H and O–H groups in total. The largest absolute Gasteiger partial charge is 0.462 e. The Kier molecular flexibility index (Phi) is 3.41. The zero-order valence-electron chi connectivity index (χ0n) is 8.98. The van der Waals surface area contributed by atoms with Crippen LogP contribution in [-0.4, -0.2) is 35.8 Å². The maximum Gasteiger partial charge on any atom is 0.129 e. The second-order valence-corrected chi connectivity index (χ2v) is 3.94. The molecule has 2 heterocycles. The number of aliphatic hydroxyl groups is 1. The van der Waals surface area contributed by atoms with Crippen LogP contribution in [-0.2, 0) is 17.9 Å². The molecule has 0 aromatic carbocycles. The van der Waals surface area contributed by atoms with Crippen molar-refractivity contribution in [3.8, 4) is 0 Å². The molecule has 0 aliphatic carbocycles. The van der Waals surface area contributed by atoms with Crippen molar-refractivity contribution in [2.45, 2.75) is 26.2 Å². The van der Waals surface area contributed by atoms with E-state index < -0.39 is 0 Å². The lowest BCUT2D eigenvalue weighted by Crippen LogP contribution is -2.40. The van der Waals surface area contributed by atoms with Gasteiger partial charge in [0.25, 0.3) is 0 Å². The highest BCUT2D eigenvalue weighted by Crippen LogP contribution is 2.13. The Bertz CT molecular complexity index is 311. The standard InChI is InChI=1S/C11H17NO3/c1-9-6-12(4-5-14-9)7-10-2-3-11(8-13)15-10/h2-3,9,13H,4-8H2,1H3. The molecule has 0 amide bonds. The number of ether oxygens (including phenoxy) is 1. The average Bonchev–Trinajstić information content (AvgIpc) is 2.65. The first-order valence-electron chi connectivity index (χ1n) is 5.30. The van der Waals surface area contributed by atoms with Gasteiger partial charge in [-0.15, -0.1) is 0 Å². The van der Waals surface area contributed by atoms with E-state index >= 15 is 0 Å². The third-order valence-electron chi connectivity index (χ3n) is 2.58. The molecular weight excluding hydrogens is 194 g/mol. The molecule has 1 aromatic heterocycles. The molecular formula is C11H17NO3. The highest BCUT2D eigenvalue weighted by molar-refractivity contribution is 5.06. The predicted octanol–water partition coefficient (Wildman–Crippen LogP) is 0.993. The molecule has 4 heteroatoms. The molecule has 1 unspecified atom stereocenters. The zero-order valence-corrected chi connectivity index (χ0v) is 8.98. The summed E-state index contributed by atoms with van der Waals surface area (Å²) in [7, 11) is 0. The van der Waals surface area contributed by atoms with Crippen LogP contribution in [0, 0.1) is 0 Å². The van der Waals surface area contributed by atoms with Crippen LogP contribution in [0.25, 0.3) is 0 Å². The number of morpholine rings is 1. The van der Waals surface area contributed by atoms with Gasteiger partial charge in [-0.25, -0.2) is 0 Å². The lowest BCUT2D eigenvalue weighted by Gasteiger charge is -2.30. The number of nitrogens with zero attached hydrogens (tertiary/aromatic N) is 1. The Balaban J connectivity index is 1.90. The first-order chi connectivity index (χ1) is 7.28. The second kappa shape index (κ2) is 4.79. The van der Waals surface area contributed by atoms with Gasteiger partial charge in [-0.3, -0.25) is 4.90 Å². The molecule has 1 aliphatic rings. The van der Waals surface area contributed by atoms with Gasteiger partial charge in [-0.2, -0.15) is 0 Å². The van der Waals surface area contributed by atoms with E-state index in [-0.39, 0.29) is 6.61 Å². The molecule has 1 fully saturated rings. The van der Waals surface area contributed by atoms with Gasteiger partial charge in [-0.1, -0.05) is 0 Å². The van der Waals surface area contributed by atoms with Crippen molar-refractivity contribution in [3.63, 3.8) is 0 Å². The Labute approximate surface area is 89.4 Å². The third-order valence-corrected chi connectivity index (χ3v) is 2.58. The summed E-state index contributed by atoms with van der Waals surface area (Å²) < 4.78 is 10.9. The van der Waals surface area contributed by atoms with Crippen LogP contribution in [0.5, 0.6) is 0 Å². The van der Waals surface area contributed by atoms with Crippen LogP contribution >= 0.6 is 0 Å². The van der Waals surface area contributed by atoms with Gasteiger partial charge in [0.15, 0.2) is 0 Å². The monoisotopic (exact) mass is 211 g/mol. The van der Waals surface area contributed by atoms with Crippen molar-refractivity contribution >= 4 is 0 Å². The lowest BCUT2D eigenvalue weighted by molar-refractivity contribution is -0.0232. The quantitative estimate of drug-likeness (QED) is 0.810. The maximum atomic E-state index is 8.87. The van der Waals surface area contributed by atoms with E-state index in [1.54, 1.807) is 0 Å². The van der Waals surface area contributed by atoms with Crippen molar-refractivity contribution in [1.82, 2.24) is 4.90 Å². The van der Waals surface area contributed by atoms with Gasteiger partial charge < -0.3 is 14.3 Å². The molecule has 0 bridgehead atoms. The maximum absolute atomic E-state index is 8.87. The van der Waals surface area contributed by atoms with Gasteiger partial charge in [0, 0.05) is 13.1 Å². The Morgan fingerprint density at radius 3 is 2.93 bits per heavy atom. The van der Waals surface area contributed by atoms with E-state index in [1.165, 1.54) is 0 Å². The van der Waals surface area contributed by atoms with Crippen molar-refractivity contribution in [2.24, 2.45) is 0 Å². The normalized spacial score (nSPS) is 23.2. The number of aliphatic hydroxyl groups excluding tert-OH is 1. The van der Waals surface area contributed by atoms with Gasteiger partial charge in [-0.05, 0) is 19.1 Å². The van der Waals surface area contributed by atoms with E-state index in [9.17, 15) is 0 Å². The summed E-state index contributed by atoms with van der Waals surface area (Å²) >= 11 is 0. The molecule has 0 spiro atoms. The second-order valence-electron chi connectivity index (χ2n) is 3.94. The Hall–Kier alpha value is -0.840. The summed E-state index contributed by atoms with van der Waals surface area (Å²) in [6, 6.07) is 3.74. The Morgan fingerprint density at radius 1 is 1.47 bits per heavy atom. The summed E-state index contributed by atoms with van der Waals surface area (Å²) in [5.41, 5.74) is 0. The molecule has 1 atom stereocenters. The average molecular weight is 211 g/mol. The van der Waals surface area contributed by atoms with Gasteiger partial charge in [0.2, 0.25) is 0 Å². The predicted molar refractivity (Wildman–Crippen MR) is 55.3 cm³/mol. The van der Waals surface area contributed by atoms with Crippen LogP contribution < -0.4 is 0 Å². The summed E-state index contributed by atoms with van der Waals surface area (Å²) in [5.74, 6) is 1.54. The van der Waals surface area contributed by atoms with Gasteiger partial charge in [0.1, 0.15) is 18.1 Å². The van der Waals surface area contributed by atoms with Crippen LogP contribution in [0.15, 0.2) is 16.5 Å². The fourth-order valence-corrected chi connectivity index (χ4v) is 1.85. The third kappa shape index (κ3) is 2.81. The van der Waals surface area contributed by atoms with Crippen LogP contribution in [0.4, 0.5) is 0 Å². The van der Waals surface area contributed by atoms with Crippen molar-refractivity contribution in [3.05, 3.63) is 23.7 Å². The summed E-state index contributed by atoms with van der Waals surface area (Å²) in [6.07, 6.45) is 0.297.